The first-order chi connectivity index (χ1) is 10.3. The molecule has 2 aromatic carbocycles. The van der Waals surface area contributed by atoms with Gasteiger partial charge in [-0.2, -0.15) is 5.26 Å². The maximum absolute atomic E-state index is 12.4. The Morgan fingerprint density at radius 1 is 1.09 bits per heavy atom. The number of halogens is 4. The van der Waals surface area contributed by atoms with E-state index in [1.807, 2.05) is 6.07 Å². The maximum Gasteiger partial charge on any atom is 0.573 e. The normalized spacial score (nSPS) is 10.9. The summed E-state index contributed by atoms with van der Waals surface area (Å²) in [7, 11) is 0. The lowest BCUT2D eigenvalue weighted by Crippen LogP contribution is -2.17. The Bertz CT molecular complexity index is 739. The van der Waals surface area contributed by atoms with Crippen LogP contribution in [0.5, 0.6) is 17.2 Å². The van der Waals surface area contributed by atoms with Crippen LogP contribution in [0.4, 0.5) is 13.2 Å². The van der Waals surface area contributed by atoms with E-state index in [9.17, 15) is 13.2 Å². The first kappa shape index (κ1) is 16.2. The van der Waals surface area contributed by atoms with Crippen molar-refractivity contribution in [3.63, 3.8) is 0 Å². The van der Waals surface area contributed by atoms with Crippen molar-refractivity contribution in [2.45, 2.75) is 13.3 Å². The number of hydrogen-bond donors (Lipinski definition) is 0. The molecule has 0 radical (unpaired) electrons. The molecule has 3 nitrogen and oxygen atoms in total. The summed E-state index contributed by atoms with van der Waals surface area (Å²) in [4.78, 5) is 0. The molecule has 0 N–H and O–H groups in total. The second kappa shape index (κ2) is 6.28. The summed E-state index contributed by atoms with van der Waals surface area (Å²) in [6, 6.07) is 10.6. The van der Waals surface area contributed by atoms with Gasteiger partial charge in [0.15, 0.2) is 11.5 Å². The Morgan fingerprint density at radius 2 is 1.73 bits per heavy atom. The Labute approximate surface area is 133 Å². The molecule has 0 heterocycles. The predicted octanol–water partition coefficient (Wildman–Crippen LogP) is 5.32. The second-order valence-electron chi connectivity index (χ2n) is 4.31. The Morgan fingerprint density at radius 3 is 2.32 bits per heavy atom. The van der Waals surface area contributed by atoms with E-state index in [1.165, 1.54) is 24.3 Å². The van der Waals surface area contributed by atoms with Gasteiger partial charge in [0, 0.05) is 4.47 Å². The molecule has 7 heteroatoms. The Kier molecular flexibility index (Phi) is 4.62. The molecule has 0 fully saturated rings. The molecule has 22 heavy (non-hydrogen) atoms. The zero-order valence-corrected chi connectivity index (χ0v) is 12.8. The molecule has 0 aliphatic heterocycles. The van der Waals surface area contributed by atoms with Gasteiger partial charge in [-0.3, -0.25) is 0 Å². The number of para-hydroxylation sites is 2. The third kappa shape index (κ3) is 3.92. The maximum atomic E-state index is 12.4. The molecule has 0 saturated carbocycles. The number of nitriles is 1. The van der Waals surface area contributed by atoms with Crippen LogP contribution < -0.4 is 9.47 Å². The van der Waals surface area contributed by atoms with Gasteiger partial charge in [0.25, 0.3) is 0 Å². The number of ether oxygens (including phenoxy) is 2. The van der Waals surface area contributed by atoms with E-state index in [4.69, 9.17) is 10.00 Å². The van der Waals surface area contributed by atoms with Gasteiger partial charge in [-0.1, -0.05) is 12.1 Å². The third-order valence-electron chi connectivity index (χ3n) is 2.68. The van der Waals surface area contributed by atoms with Crippen LogP contribution in [-0.4, -0.2) is 6.36 Å². The average Bonchev–Trinajstić information content (AvgIpc) is 2.43. The van der Waals surface area contributed by atoms with Gasteiger partial charge in [-0.05, 0) is 52.7 Å². The largest absolute Gasteiger partial charge is 0.573 e. The van der Waals surface area contributed by atoms with Gasteiger partial charge in [-0.15, -0.1) is 13.2 Å². The fraction of sp³-hybridized carbons (Fsp3) is 0.133. The summed E-state index contributed by atoms with van der Waals surface area (Å²) in [5.41, 5.74) is 1.02. The molecular weight excluding hydrogens is 363 g/mol. The van der Waals surface area contributed by atoms with E-state index >= 15 is 0 Å². The van der Waals surface area contributed by atoms with E-state index in [1.54, 1.807) is 13.0 Å². The van der Waals surface area contributed by atoms with E-state index in [0.717, 1.165) is 6.07 Å². The molecule has 0 amide bonds. The van der Waals surface area contributed by atoms with Gasteiger partial charge in [0.1, 0.15) is 11.8 Å². The summed E-state index contributed by atoms with van der Waals surface area (Å²) in [6.45, 7) is 1.69. The molecule has 0 aliphatic carbocycles. The van der Waals surface area contributed by atoms with Crippen molar-refractivity contribution in [2.24, 2.45) is 0 Å². The van der Waals surface area contributed by atoms with Gasteiger partial charge in [0.2, 0.25) is 0 Å². The van der Waals surface area contributed by atoms with E-state index in [0.29, 0.717) is 21.3 Å². The number of aryl methyl sites for hydroxylation is 1. The van der Waals surface area contributed by atoms with Crippen LogP contribution >= 0.6 is 15.9 Å². The van der Waals surface area contributed by atoms with Gasteiger partial charge >= 0.3 is 6.36 Å². The SMILES string of the molecule is Cc1cc(C#N)c(Br)cc1Oc1ccccc1OC(F)(F)F. The fourth-order valence-corrected chi connectivity index (χ4v) is 2.13. The van der Waals surface area contributed by atoms with E-state index in [2.05, 4.69) is 20.7 Å². The summed E-state index contributed by atoms with van der Waals surface area (Å²) in [5.74, 6) is -0.182. The smallest absolute Gasteiger partial charge is 0.453 e. The lowest BCUT2D eigenvalue weighted by molar-refractivity contribution is -0.275. The van der Waals surface area contributed by atoms with E-state index < -0.39 is 12.1 Å². The number of hydrogen-bond acceptors (Lipinski definition) is 3. The molecule has 114 valence electrons. The quantitative estimate of drug-likeness (QED) is 0.732. The van der Waals surface area contributed by atoms with Crippen LogP contribution in [0.25, 0.3) is 0 Å². The standard InChI is InChI=1S/C15H9BrF3NO2/c1-9-6-10(8-20)11(16)7-14(9)21-12-4-2-3-5-13(12)22-15(17,18)19/h2-7H,1H3. The van der Waals surface area contributed by atoms with Crippen LogP contribution in [-0.2, 0) is 0 Å². The lowest BCUT2D eigenvalue weighted by atomic mass is 10.1. The molecule has 0 bridgehead atoms. The van der Waals surface area contributed by atoms with Crippen molar-refractivity contribution in [1.82, 2.24) is 0 Å². The molecule has 0 atom stereocenters. The third-order valence-corrected chi connectivity index (χ3v) is 3.34. The van der Waals surface area contributed by atoms with Crippen molar-refractivity contribution in [3.8, 4) is 23.3 Å². The molecular formula is C15H9BrF3NO2. The minimum atomic E-state index is -4.81. The monoisotopic (exact) mass is 371 g/mol. The van der Waals surface area contributed by atoms with Crippen LogP contribution in [0.3, 0.4) is 0 Å². The number of nitrogens with zero attached hydrogens (tertiary/aromatic N) is 1. The number of rotatable bonds is 3. The Balaban J connectivity index is 2.36. The minimum Gasteiger partial charge on any atom is -0.453 e. The van der Waals surface area contributed by atoms with Crippen molar-refractivity contribution >= 4 is 15.9 Å². The molecule has 0 aromatic heterocycles. The summed E-state index contributed by atoms with van der Waals surface area (Å²) < 4.78 is 47.1. The lowest BCUT2D eigenvalue weighted by Gasteiger charge is -2.15. The molecule has 0 aliphatic rings. The topological polar surface area (TPSA) is 42.2 Å². The Hall–Kier alpha value is -2.20. The van der Waals surface area contributed by atoms with Gasteiger partial charge in [-0.25, -0.2) is 0 Å². The predicted molar refractivity (Wildman–Crippen MR) is 76.8 cm³/mol. The van der Waals surface area contributed by atoms with Gasteiger partial charge in [0.05, 0.1) is 5.56 Å². The minimum absolute atomic E-state index is 0.0699. The highest BCUT2D eigenvalue weighted by molar-refractivity contribution is 9.10. The van der Waals surface area contributed by atoms with Crippen molar-refractivity contribution < 1.29 is 22.6 Å². The molecule has 0 unspecified atom stereocenters. The summed E-state index contributed by atoms with van der Waals surface area (Å²) >= 11 is 3.21. The highest BCUT2D eigenvalue weighted by Gasteiger charge is 2.32. The van der Waals surface area contributed by atoms with Crippen molar-refractivity contribution in [3.05, 3.63) is 52.0 Å². The number of alkyl halides is 3. The van der Waals surface area contributed by atoms with Crippen LogP contribution in [0.1, 0.15) is 11.1 Å². The second-order valence-corrected chi connectivity index (χ2v) is 5.16. The highest BCUT2D eigenvalue weighted by Crippen LogP contribution is 2.37. The van der Waals surface area contributed by atoms with E-state index in [-0.39, 0.29) is 5.75 Å². The summed E-state index contributed by atoms with van der Waals surface area (Å²) in [5, 5.41) is 8.93. The van der Waals surface area contributed by atoms with Crippen LogP contribution in [0.2, 0.25) is 0 Å². The average molecular weight is 372 g/mol. The van der Waals surface area contributed by atoms with Crippen molar-refractivity contribution in [2.75, 3.05) is 0 Å². The molecule has 2 aromatic rings. The first-order valence-electron chi connectivity index (χ1n) is 6.03. The summed E-state index contributed by atoms with van der Waals surface area (Å²) in [6.07, 6.45) is -4.81. The fourth-order valence-electron chi connectivity index (χ4n) is 1.72. The zero-order valence-electron chi connectivity index (χ0n) is 11.2. The first-order valence-corrected chi connectivity index (χ1v) is 6.82. The molecule has 0 spiro atoms. The van der Waals surface area contributed by atoms with Crippen LogP contribution in [0.15, 0.2) is 40.9 Å². The number of benzene rings is 2. The molecule has 2 rings (SSSR count). The van der Waals surface area contributed by atoms with Crippen LogP contribution in [0, 0.1) is 18.3 Å². The zero-order chi connectivity index (χ0) is 16.3. The van der Waals surface area contributed by atoms with Crippen molar-refractivity contribution in [1.29, 1.82) is 5.26 Å². The highest BCUT2D eigenvalue weighted by atomic mass is 79.9. The molecule has 0 saturated heterocycles. The van der Waals surface area contributed by atoms with Gasteiger partial charge < -0.3 is 9.47 Å².